The van der Waals surface area contributed by atoms with Crippen molar-refractivity contribution in [3.05, 3.63) is 48.6 Å². The van der Waals surface area contributed by atoms with E-state index in [1.165, 1.54) is 340 Å². The maximum atomic E-state index is 12.5. The summed E-state index contributed by atoms with van der Waals surface area (Å²) in [6.07, 6.45) is 97.9. The Bertz CT molecular complexity index is 1420. The molecule has 1 amide bonds. The number of nitrogens with one attached hydrogen (secondary N) is 1. The van der Waals surface area contributed by atoms with Crippen LogP contribution in [0.25, 0.3) is 0 Å². The van der Waals surface area contributed by atoms with Crippen LogP contribution in [-0.4, -0.2) is 47.4 Å². The Morgan fingerprint density at radius 3 is 0.906 bits per heavy atom. The Balaban J connectivity index is 3.41. The largest absolute Gasteiger partial charge is 0.466 e. The second-order valence-electron chi connectivity index (χ2n) is 26.3. The Hall–Kier alpha value is -2.18. The predicted molar refractivity (Wildman–Crippen MR) is 375 cm³/mol. The highest BCUT2D eigenvalue weighted by atomic mass is 16.5. The van der Waals surface area contributed by atoms with Gasteiger partial charge >= 0.3 is 5.97 Å². The molecule has 0 saturated heterocycles. The summed E-state index contributed by atoms with van der Waals surface area (Å²) in [6, 6.07) is -0.629. The van der Waals surface area contributed by atoms with E-state index in [0.29, 0.717) is 19.4 Å². The van der Waals surface area contributed by atoms with Gasteiger partial charge in [-0.1, -0.05) is 364 Å². The van der Waals surface area contributed by atoms with Gasteiger partial charge in [0.25, 0.3) is 0 Å². The molecule has 0 aliphatic rings. The summed E-state index contributed by atoms with van der Waals surface area (Å²) >= 11 is 0. The smallest absolute Gasteiger partial charge is 0.305 e. The molecule has 2 atom stereocenters. The third-order valence-electron chi connectivity index (χ3n) is 17.8. The summed E-state index contributed by atoms with van der Waals surface area (Å²) in [5, 5.41) is 23.3. The van der Waals surface area contributed by atoms with Crippen LogP contribution in [0.4, 0.5) is 0 Å². The van der Waals surface area contributed by atoms with Crippen LogP contribution < -0.4 is 5.32 Å². The Labute approximate surface area is 531 Å². The molecule has 500 valence electrons. The summed E-state index contributed by atoms with van der Waals surface area (Å²) in [5.74, 6) is -0.0538. The van der Waals surface area contributed by atoms with Gasteiger partial charge in [-0.25, -0.2) is 0 Å². The molecule has 0 aromatic carbocycles. The van der Waals surface area contributed by atoms with Gasteiger partial charge in [-0.05, 0) is 89.9 Å². The number of unbranched alkanes of at least 4 members (excludes halogenated alkanes) is 55. The van der Waals surface area contributed by atoms with Crippen molar-refractivity contribution < 1.29 is 24.5 Å². The van der Waals surface area contributed by atoms with Crippen molar-refractivity contribution >= 4 is 11.9 Å². The Morgan fingerprint density at radius 2 is 0.588 bits per heavy atom. The fourth-order valence-electron chi connectivity index (χ4n) is 12.0. The first-order valence-electron chi connectivity index (χ1n) is 38.4. The van der Waals surface area contributed by atoms with Gasteiger partial charge in [0.1, 0.15) is 0 Å². The summed E-state index contributed by atoms with van der Waals surface area (Å²) in [6.45, 7) is 4.93. The monoisotopic (exact) mass is 1190 g/mol. The van der Waals surface area contributed by atoms with E-state index in [-0.39, 0.29) is 18.5 Å². The number of amides is 1. The molecule has 0 rings (SSSR count). The van der Waals surface area contributed by atoms with Crippen LogP contribution in [-0.2, 0) is 14.3 Å². The molecule has 2 unspecified atom stereocenters. The van der Waals surface area contributed by atoms with E-state index in [1.54, 1.807) is 6.08 Å². The number of aliphatic hydroxyl groups is 2. The molecular formula is C79H149NO5. The normalized spacial score (nSPS) is 12.8. The summed E-state index contributed by atoms with van der Waals surface area (Å²) < 4.78 is 5.50. The van der Waals surface area contributed by atoms with Crippen LogP contribution in [0.5, 0.6) is 0 Å². The maximum absolute atomic E-state index is 12.5. The topological polar surface area (TPSA) is 95.9 Å². The van der Waals surface area contributed by atoms with Crippen LogP contribution in [0.15, 0.2) is 48.6 Å². The lowest BCUT2D eigenvalue weighted by atomic mass is 10.0. The van der Waals surface area contributed by atoms with Crippen LogP contribution in [0, 0.1) is 0 Å². The molecular weight excluding hydrogens is 1040 g/mol. The molecule has 0 aromatic rings. The average Bonchev–Trinajstić information content (AvgIpc) is 3.51. The van der Waals surface area contributed by atoms with Crippen LogP contribution in [0.2, 0.25) is 0 Å². The minimum absolute atomic E-state index is 0.00999. The zero-order valence-electron chi connectivity index (χ0n) is 57.4. The van der Waals surface area contributed by atoms with Crippen LogP contribution in [0.1, 0.15) is 418 Å². The highest BCUT2D eigenvalue weighted by Crippen LogP contribution is 2.19. The number of hydrogen-bond donors (Lipinski definition) is 3. The van der Waals surface area contributed by atoms with E-state index < -0.39 is 12.1 Å². The molecule has 0 aliphatic carbocycles. The first kappa shape index (κ1) is 82.8. The number of esters is 1. The van der Waals surface area contributed by atoms with Gasteiger partial charge in [0.15, 0.2) is 0 Å². The zero-order chi connectivity index (χ0) is 61.3. The van der Waals surface area contributed by atoms with E-state index in [4.69, 9.17) is 4.74 Å². The van der Waals surface area contributed by atoms with Crippen molar-refractivity contribution in [3.63, 3.8) is 0 Å². The number of ether oxygens (including phenoxy) is 1. The average molecular weight is 1190 g/mol. The Kier molecular flexibility index (Phi) is 72.4. The quantitative estimate of drug-likeness (QED) is 0.0320. The predicted octanol–water partition coefficient (Wildman–Crippen LogP) is 25.2. The highest BCUT2D eigenvalue weighted by molar-refractivity contribution is 5.76. The highest BCUT2D eigenvalue weighted by Gasteiger charge is 2.18. The lowest BCUT2D eigenvalue weighted by Gasteiger charge is -2.20. The van der Waals surface area contributed by atoms with Gasteiger partial charge in [-0.15, -0.1) is 0 Å². The molecule has 3 N–H and O–H groups in total. The number of aliphatic hydroxyl groups excluding tert-OH is 2. The second-order valence-corrected chi connectivity index (χ2v) is 26.3. The van der Waals surface area contributed by atoms with E-state index in [0.717, 1.165) is 51.4 Å². The molecule has 0 aromatic heterocycles. The molecule has 0 heterocycles. The van der Waals surface area contributed by atoms with Gasteiger partial charge in [0, 0.05) is 12.8 Å². The molecule has 0 fully saturated rings. The fourth-order valence-corrected chi connectivity index (χ4v) is 12.0. The number of allylic oxidation sites excluding steroid dienone is 7. The Morgan fingerprint density at radius 1 is 0.329 bits per heavy atom. The van der Waals surface area contributed by atoms with Crippen molar-refractivity contribution in [1.29, 1.82) is 0 Å². The minimum atomic E-state index is -0.846. The van der Waals surface area contributed by atoms with E-state index in [9.17, 15) is 19.8 Å². The molecule has 0 saturated carbocycles. The first-order valence-corrected chi connectivity index (χ1v) is 38.4. The number of carbonyl (C=O) groups excluding carboxylic acids is 2. The van der Waals surface area contributed by atoms with E-state index in [1.807, 2.05) is 6.08 Å². The summed E-state index contributed by atoms with van der Waals surface area (Å²) in [4.78, 5) is 24.6. The van der Waals surface area contributed by atoms with Crippen molar-refractivity contribution in [2.75, 3.05) is 13.2 Å². The van der Waals surface area contributed by atoms with Crippen LogP contribution in [0.3, 0.4) is 0 Å². The number of rotatable bonds is 72. The molecule has 0 aliphatic heterocycles. The SMILES string of the molecule is CCCCCCCC/C=C\CCCCCCCCCC(=O)OCCCCCCCCCCC/C=C\C/C=C\CCCCCCCCCCCCCCCCCC(=O)NC(CO)C(O)/C=C/CCCCCCCCCCCCCCCCCCCC. The molecule has 6 heteroatoms. The van der Waals surface area contributed by atoms with Crippen molar-refractivity contribution in [2.45, 2.75) is 431 Å². The molecule has 0 bridgehead atoms. The van der Waals surface area contributed by atoms with Gasteiger partial charge < -0.3 is 20.3 Å². The molecule has 0 radical (unpaired) electrons. The third-order valence-corrected chi connectivity index (χ3v) is 17.8. The minimum Gasteiger partial charge on any atom is -0.466 e. The lowest BCUT2D eigenvalue weighted by molar-refractivity contribution is -0.143. The summed E-state index contributed by atoms with van der Waals surface area (Å²) in [5.41, 5.74) is 0. The van der Waals surface area contributed by atoms with Gasteiger partial charge in [0.2, 0.25) is 5.91 Å². The maximum Gasteiger partial charge on any atom is 0.305 e. The van der Waals surface area contributed by atoms with Crippen molar-refractivity contribution in [1.82, 2.24) is 5.32 Å². The standard InChI is InChI=1S/C79H149NO5/c1-3-5-7-9-11-13-15-17-19-21-22-36-40-43-47-51-55-59-63-67-71-77(82)76(75-81)80-78(83)72-68-64-60-56-52-48-44-41-37-34-32-30-28-26-24-23-25-27-29-31-33-35-38-42-46-50-54-58-62-66-70-74-85-79(84)73-69-65-61-57-53-49-45-39-20-18-16-14-12-10-8-6-4-2/h18,20,25,27,31,33,67,71,76-77,81-82H,3-17,19,21-24,26,28-30,32,34-66,68-70,72-75H2,1-2H3,(H,80,83)/b20-18-,27-25-,33-31-,71-67+. The zero-order valence-corrected chi connectivity index (χ0v) is 57.4. The second kappa shape index (κ2) is 74.3. The van der Waals surface area contributed by atoms with Gasteiger partial charge in [-0.2, -0.15) is 0 Å². The van der Waals surface area contributed by atoms with Crippen molar-refractivity contribution in [2.24, 2.45) is 0 Å². The van der Waals surface area contributed by atoms with E-state index in [2.05, 4.69) is 55.6 Å². The summed E-state index contributed by atoms with van der Waals surface area (Å²) in [7, 11) is 0. The van der Waals surface area contributed by atoms with Crippen LogP contribution >= 0.6 is 0 Å². The molecule has 6 nitrogen and oxygen atoms in total. The fraction of sp³-hybridized carbons (Fsp3) is 0.873. The van der Waals surface area contributed by atoms with Gasteiger partial charge in [0.05, 0.1) is 25.4 Å². The number of carbonyl (C=O) groups is 2. The van der Waals surface area contributed by atoms with Crippen molar-refractivity contribution in [3.8, 4) is 0 Å². The first-order chi connectivity index (χ1) is 42.0. The van der Waals surface area contributed by atoms with Gasteiger partial charge in [-0.3, -0.25) is 9.59 Å². The molecule has 0 spiro atoms. The molecule has 85 heavy (non-hydrogen) atoms. The third kappa shape index (κ3) is 70.8. The lowest BCUT2D eigenvalue weighted by Crippen LogP contribution is -2.45. The number of hydrogen-bond acceptors (Lipinski definition) is 5. The van der Waals surface area contributed by atoms with E-state index >= 15 is 0 Å².